The lowest BCUT2D eigenvalue weighted by Crippen LogP contribution is -2.16. The van der Waals surface area contributed by atoms with Crippen molar-refractivity contribution in [2.24, 2.45) is 0 Å². The van der Waals surface area contributed by atoms with Gasteiger partial charge in [-0.1, -0.05) is 19.9 Å². The van der Waals surface area contributed by atoms with Gasteiger partial charge in [0, 0.05) is 29.6 Å². The first-order valence-corrected chi connectivity index (χ1v) is 5.11. The molecule has 2 heterocycles. The summed E-state index contributed by atoms with van der Waals surface area (Å²) in [5.41, 5.74) is 4.95. The summed E-state index contributed by atoms with van der Waals surface area (Å²) in [6.07, 6.45) is 5.66. The van der Waals surface area contributed by atoms with E-state index in [1.165, 1.54) is 16.7 Å². The van der Waals surface area contributed by atoms with Gasteiger partial charge in [-0.25, -0.2) is 0 Å². The molecule has 2 aromatic rings. The van der Waals surface area contributed by atoms with Gasteiger partial charge in [-0.05, 0) is 23.3 Å². The monoisotopic (exact) mass is 196 g/mol. The SMILES string of the molecule is CC1(C)c2cnccc2-c2cccnc21. The Balaban J connectivity index is 2.42. The number of fused-ring (bicyclic) bond motifs is 3. The van der Waals surface area contributed by atoms with Gasteiger partial charge in [-0.15, -0.1) is 0 Å². The van der Waals surface area contributed by atoms with E-state index in [2.05, 4.69) is 35.9 Å². The quantitative estimate of drug-likeness (QED) is 0.647. The minimum atomic E-state index is -0.0137. The third kappa shape index (κ3) is 0.990. The van der Waals surface area contributed by atoms with Crippen LogP contribution < -0.4 is 0 Å². The van der Waals surface area contributed by atoms with E-state index < -0.39 is 0 Å². The lowest BCUT2D eigenvalue weighted by molar-refractivity contribution is 0.634. The van der Waals surface area contributed by atoms with Gasteiger partial charge in [0.05, 0.1) is 5.69 Å². The van der Waals surface area contributed by atoms with Gasteiger partial charge < -0.3 is 0 Å². The van der Waals surface area contributed by atoms with Gasteiger partial charge >= 0.3 is 0 Å². The predicted molar refractivity (Wildman–Crippen MR) is 59.6 cm³/mol. The molecule has 1 aliphatic carbocycles. The highest BCUT2D eigenvalue weighted by molar-refractivity contribution is 5.78. The van der Waals surface area contributed by atoms with Gasteiger partial charge in [0.1, 0.15) is 0 Å². The van der Waals surface area contributed by atoms with Crippen LogP contribution in [0, 0.1) is 0 Å². The van der Waals surface area contributed by atoms with E-state index in [-0.39, 0.29) is 5.41 Å². The highest BCUT2D eigenvalue weighted by atomic mass is 14.7. The molecule has 0 bridgehead atoms. The molecule has 0 atom stereocenters. The van der Waals surface area contributed by atoms with E-state index >= 15 is 0 Å². The van der Waals surface area contributed by atoms with Gasteiger partial charge in [-0.3, -0.25) is 9.97 Å². The van der Waals surface area contributed by atoms with Crippen molar-refractivity contribution < 1.29 is 0 Å². The highest BCUT2D eigenvalue weighted by Crippen LogP contribution is 2.46. The average Bonchev–Trinajstić information content (AvgIpc) is 2.51. The smallest absolute Gasteiger partial charge is 0.0582 e. The molecule has 74 valence electrons. The maximum absolute atomic E-state index is 4.50. The van der Waals surface area contributed by atoms with E-state index in [1.807, 2.05) is 24.7 Å². The molecule has 2 heteroatoms. The second kappa shape index (κ2) is 2.66. The zero-order valence-electron chi connectivity index (χ0n) is 8.86. The Bertz CT molecular complexity index is 482. The molecule has 0 N–H and O–H groups in total. The molecule has 0 fully saturated rings. The Morgan fingerprint density at radius 2 is 1.93 bits per heavy atom. The summed E-state index contributed by atoms with van der Waals surface area (Å²) in [6, 6.07) is 6.20. The summed E-state index contributed by atoms with van der Waals surface area (Å²) in [5.74, 6) is 0. The van der Waals surface area contributed by atoms with Crippen LogP contribution in [-0.2, 0) is 5.41 Å². The fourth-order valence-corrected chi connectivity index (χ4v) is 2.38. The molecule has 0 spiro atoms. The lowest BCUT2D eigenvalue weighted by atomic mass is 9.86. The van der Waals surface area contributed by atoms with Crippen LogP contribution in [0.1, 0.15) is 25.1 Å². The molecule has 0 aliphatic heterocycles. The fourth-order valence-electron chi connectivity index (χ4n) is 2.38. The van der Waals surface area contributed by atoms with Crippen LogP contribution in [0.4, 0.5) is 0 Å². The highest BCUT2D eigenvalue weighted by Gasteiger charge is 2.36. The van der Waals surface area contributed by atoms with Crippen LogP contribution in [0.15, 0.2) is 36.8 Å². The van der Waals surface area contributed by atoms with Crippen molar-refractivity contribution in [1.29, 1.82) is 0 Å². The first-order valence-electron chi connectivity index (χ1n) is 5.11. The minimum Gasteiger partial charge on any atom is -0.264 e. The van der Waals surface area contributed by atoms with Gasteiger partial charge in [0.2, 0.25) is 0 Å². The normalized spacial score (nSPS) is 15.9. The number of nitrogens with zero attached hydrogens (tertiary/aromatic N) is 2. The summed E-state index contributed by atoms with van der Waals surface area (Å²) in [4.78, 5) is 8.71. The zero-order chi connectivity index (χ0) is 10.5. The largest absolute Gasteiger partial charge is 0.264 e. The van der Waals surface area contributed by atoms with Crippen LogP contribution in [0.2, 0.25) is 0 Å². The van der Waals surface area contributed by atoms with Crippen LogP contribution in [0.25, 0.3) is 11.1 Å². The fraction of sp³-hybridized carbons (Fsp3) is 0.231. The molecule has 3 rings (SSSR count). The maximum atomic E-state index is 4.50. The summed E-state index contributed by atoms with van der Waals surface area (Å²) >= 11 is 0. The van der Waals surface area contributed by atoms with Gasteiger partial charge in [-0.2, -0.15) is 0 Å². The summed E-state index contributed by atoms with van der Waals surface area (Å²) in [6.45, 7) is 4.40. The van der Waals surface area contributed by atoms with Crippen molar-refractivity contribution in [3.63, 3.8) is 0 Å². The van der Waals surface area contributed by atoms with Crippen LogP contribution >= 0.6 is 0 Å². The van der Waals surface area contributed by atoms with Crippen LogP contribution in [0.5, 0.6) is 0 Å². The first-order chi connectivity index (χ1) is 7.21. The molecular weight excluding hydrogens is 184 g/mol. The van der Waals surface area contributed by atoms with Gasteiger partial charge in [0.15, 0.2) is 0 Å². The third-order valence-electron chi connectivity index (χ3n) is 3.18. The van der Waals surface area contributed by atoms with Crippen LogP contribution in [0.3, 0.4) is 0 Å². The molecule has 2 nitrogen and oxygen atoms in total. The standard InChI is InChI=1S/C13H12N2/c1-13(2)11-8-14-7-5-9(11)10-4-3-6-15-12(10)13/h3-8H,1-2H3. The first kappa shape index (κ1) is 8.60. The Morgan fingerprint density at radius 3 is 2.80 bits per heavy atom. The summed E-state index contributed by atoms with van der Waals surface area (Å²) in [5, 5.41) is 0. The van der Waals surface area contributed by atoms with E-state index in [4.69, 9.17) is 0 Å². The van der Waals surface area contributed by atoms with Crippen molar-refractivity contribution in [3.8, 4) is 11.1 Å². The molecule has 0 unspecified atom stereocenters. The predicted octanol–water partition coefficient (Wildman–Crippen LogP) is 2.78. The maximum Gasteiger partial charge on any atom is 0.0582 e. The molecular formula is C13H12N2. The third-order valence-corrected chi connectivity index (χ3v) is 3.18. The topological polar surface area (TPSA) is 25.8 Å². The Labute approximate surface area is 89.0 Å². The zero-order valence-corrected chi connectivity index (χ0v) is 8.86. The second-order valence-corrected chi connectivity index (χ2v) is 4.45. The minimum absolute atomic E-state index is 0.0137. The van der Waals surface area contributed by atoms with E-state index in [1.54, 1.807) is 0 Å². The lowest BCUT2D eigenvalue weighted by Gasteiger charge is -2.19. The molecule has 0 amide bonds. The molecule has 0 saturated heterocycles. The molecule has 1 aliphatic rings. The molecule has 0 saturated carbocycles. The number of pyridine rings is 2. The number of aromatic nitrogens is 2. The van der Waals surface area contributed by atoms with Crippen molar-refractivity contribution in [2.45, 2.75) is 19.3 Å². The number of rotatable bonds is 0. The Kier molecular flexibility index (Phi) is 1.52. The van der Waals surface area contributed by atoms with Gasteiger partial charge in [0.25, 0.3) is 0 Å². The van der Waals surface area contributed by atoms with Crippen molar-refractivity contribution in [2.75, 3.05) is 0 Å². The molecule has 2 aromatic heterocycles. The van der Waals surface area contributed by atoms with E-state index in [0.29, 0.717) is 0 Å². The van der Waals surface area contributed by atoms with Crippen molar-refractivity contribution in [1.82, 2.24) is 9.97 Å². The Hall–Kier alpha value is -1.70. The van der Waals surface area contributed by atoms with Crippen LogP contribution in [-0.4, -0.2) is 9.97 Å². The Morgan fingerprint density at radius 1 is 1.07 bits per heavy atom. The van der Waals surface area contributed by atoms with E-state index in [9.17, 15) is 0 Å². The molecule has 15 heavy (non-hydrogen) atoms. The average molecular weight is 196 g/mol. The number of hydrogen-bond acceptors (Lipinski definition) is 2. The summed E-state index contributed by atoms with van der Waals surface area (Å²) in [7, 11) is 0. The van der Waals surface area contributed by atoms with Crippen molar-refractivity contribution >= 4 is 0 Å². The second-order valence-electron chi connectivity index (χ2n) is 4.45. The van der Waals surface area contributed by atoms with Crippen molar-refractivity contribution in [3.05, 3.63) is 48.0 Å². The molecule has 0 radical (unpaired) electrons. The number of hydrogen-bond donors (Lipinski definition) is 0. The molecule has 0 aromatic carbocycles. The van der Waals surface area contributed by atoms with E-state index in [0.717, 1.165) is 5.69 Å². The summed E-state index contributed by atoms with van der Waals surface area (Å²) < 4.78 is 0.